The molecule has 1 heterocycles. The molecule has 1 aromatic heterocycles. The Balaban J connectivity index is 2.34. The SMILES string of the molecule is CCc1ccc(N(C)c2nc(N)nc(N(C)C)n2)cc1. The van der Waals surface area contributed by atoms with Crippen molar-refractivity contribution in [1.82, 2.24) is 15.0 Å². The van der Waals surface area contributed by atoms with Crippen LogP contribution in [-0.2, 0) is 6.42 Å². The molecule has 106 valence electrons. The van der Waals surface area contributed by atoms with Crippen LogP contribution < -0.4 is 15.5 Å². The fourth-order valence-electron chi connectivity index (χ4n) is 1.79. The summed E-state index contributed by atoms with van der Waals surface area (Å²) in [6, 6.07) is 8.30. The summed E-state index contributed by atoms with van der Waals surface area (Å²) in [4.78, 5) is 16.4. The summed E-state index contributed by atoms with van der Waals surface area (Å²) in [6.45, 7) is 2.13. The van der Waals surface area contributed by atoms with Crippen molar-refractivity contribution in [1.29, 1.82) is 0 Å². The maximum absolute atomic E-state index is 5.74. The van der Waals surface area contributed by atoms with Crippen LogP contribution in [0.5, 0.6) is 0 Å². The largest absolute Gasteiger partial charge is 0.368 e. The van der Waals surface area contributed by atoms with Crippen LogP contribution in [0.1, 0.15) is 12.5 Å². The van der Waals surface area contributed by atoms with E-state index >= 15 is 0 Å². The third kappa shape index (κ3) is 2.96. The Labute approximate surface area is 119 Å². The molecule has 0 radical (unpaired) electrons. The van der Waals surface area contributed by atoms with Gasteiger partial charge >= 0.3 is 0 Å². The Morgan fingerprint density at radius 1 is 0.950 bits per heavy atom. The van der Waals surface area contributed by atoms with Gasteiger partial charge in [-0.2, -0.15) is 15.0 Å². The lowest BCUT2D eigenvalue weighted by Gasteiger charge is -2.19. The topological polar surface area (TPSA) is 71.2 Å². The molecule has 0 amide bonds. The number of aromatic nitrogens is 3. The minimum Gasteiger partial charge on any atom is -0.368 e. The van der Waals surface area contributed by atoms with E-state index in [1.165, 1.54) is 5.56 Å². The highest BCUT2D eigenvalue weighted by molar-refractivity contribution is 5.58. The molecule has 0 aliphatic rings. The molecule has 20 heavy (non-hydrogen) atoms. The van der Waals surface area contributed by atoms with Crippen LogP contribution in [-0.4, -0.2) is 36.1 Å². The first-order valence-electron chi connectivity index (χ1n) is 6.52. The molecule has 0 saturated carbocycles. The quantitative estimate of drug-likeness (QED) is 0.916. The summed E-state index contributed by atoms with van der Waals surface area (Å²) in [5, 5.41) is 0. The lowest BCUT2D eigenvalue weighted by molar-refractivity contribution is 0.939. The van der Waals surface area contributed by atoms with Gasteiger partial charge in [0.25, 0.3) is 0 Å². The molecule has 6 nitrogen and oxygen atoms in total. The predicted octanol–water partition coefficient (Wildman–Crippen LogP) is 1.85. The first-order chi connectivity index (χ1) is 9.51. The maximum Gasteiger partial charge on any atom is 0.236 e. The van der Waals surface area contributed by atoms with Crippen LogP contribution in [0.15, 0.2) is 24.3 Å². The summed E-state index contributed by atoms with van der Waals surface area (Å²) in [5.41, 5.74) is 8.05. The molecule has 2 rings (SSSR count). The van der Waals surface area contributed by atoms with Crippen LogP contribution in [0.25, 0.3) is 0 Å². The second kappa shape index (κ2) is 5.73. The molecule has 0 aliphatic carbocycles. The van der Waals surface area contributed by atoms with Crippen molar-refractivity contribution in [2.45, 2.75) is 13.3 Å². The minimum atomic E-state index is 0.218. The lowest BCUT2D eigenvalue weighted by Crippen LogP contribution is -2.19. The van der Waals surface area contributed by atoms with E-state index in [9.17, 15) is 0 Å². The van der Waals surface area contributed by atoms with Crippen LogP contribution in [0.2, 0.25) is 0 Å². The van der Waals surface area contributed by atoms with E-state index in [-0.39, 0.29) is 5.95 Å². The Kier molecular flexibility index (Phi) is 4.02. The van der Waals surface area contributed by atoms with Gasteiger partial charge in [0.05, 0.1) is 0 Å². The standard InChI is InChI=1S/C14H20N6/c1-5-10-6-8-11(9-7-10)20(4)14-17-12(15)16-13(18-14)19(2)3/h6-9H,5H2,1-4H3,(H2,15,16,17,18). The van der Waals surface area contributed by atoms with Crippen LogP contribution >= 0.6 is 0 Å². The number of nitrogen functional groups attached to an aromatic ring is 1. The van der Waals surface area contributed by atoms with Gasteiger partial charge in [0, 0.05) is 26.8 Å². The highest BCUT2D eigenvalue weighted by Crippen LogP contribution is 2.22. The van der Waals surface area contributed by atoms with Gasteiger partial charge in [0.15, 0.2) is 0 Å². The van der Waals surface area contributed by atoms with Gasteiger partial charge in [0.1, 0.15) is 0 Å². The van der Waals surface area contributed by atoms with Crippen molar-refractivity contribution >= 4 is 23.5 Å². The first-order valence-corrected chi connectivity index (χ1v) is 6.52. The molecule has 0 bridgehead atoms. The number of aryl methyl sites for hydroxylation is 1. The highest BCUT2D eigenvalue weighted by Gasteiger charge is 2.11. The third-order valence-corrected chi connectivity index (χ3v) is 3.06. The first kappa shape index (κ1) is 14.0. The second-order valence-corrected chi connectivity index (χ2v) is 4.77. The highest BCUT2D eigenvalue weighted by atomic mass is 15.3. The Morgan fingerprint density at radius 3 is 2.10 bits per heavy atom. The zero-order chi connectivity index (χ0) is 14.7. The van der Waals surface area contributed by atoms with Crippen molar-refractivity contribution in [3.8, 4) is 0 Å². The Morgan fingerprint density at radius 2 is 1.55 bits per heavy atom. The van der Waals surface area contributed by atoms with Crippen LogP contribution in [0.3, 0.4) is 0 Å². The number of benzene rings is 1. The molecule has 0 unspecified atom stereocenters. The van der Waals surface area contributed by atoms with Crippen molar-refractivity contribution in [3.05, 3.63) is 29.8 Å². The molecule has 6 heteroatoms. The molecule has 1 aromatic carbocycles. The maximum atomic E-state index is 5.74. The van der Waals surface area contributed by atoms with Crippen LogP contribution in [0, 0.1) is 0 Å². The molecule has 0 saturated heterocycles. The van der Waals surface area contributed by atoms with Crippen molar-refractivity contribution in [2.75, 3.05) is 36.7 Å². The molecular formula is C14H20N6. The summed E-state index contributed by atoms with van der Waals surface area (Å²) in [5.74, 6) is 1.30. The number of nitrogens with two attached hydrogens (primary N) is 1. The molecule has 0 spiro atoms. The van der Waals surface area contributed by atoms with E-state index in [1.807, 2.05) is 38.2 Å². The van der Waals surface area contributed by atoms with E-state index in [0.29, 0.717) is 11.9 Å². The lowest BCUT2D eigenvalue weighted by atomic mass is 10.1. The van der Waals surface area contributed by atoms with Gasteiger partial charge in [-0.25, -0.2) is 0 Å². The number of hydrogen-bond donors (Lipinski definition) is 1. The van der Waals surface area contributed by atoms with Gasteiger partial charge < -0.3 is 15.5 Å². The molecule has 2 aromatic rings. The van der Waals surface area contributed by atoms with Gasteiger partial charge in [-0.05, 0) is 24.1 Å². The van der Waals surface area contributed by atoms with Crippen molar-refractivity contribution in [2.24, 2.45) is 0 Å². The van der Waals surface area contributed by atoms with E-state index in [2.05, 4.69) is 34.0 Å². The monoisotopic (exact) mass is 272 g/mol. The van der Waals surface area contributed by atoms with Gasteiger partial charge in [0.2, 0.25) is 17.8 Å². The van der Waals surface area contributed by atoms with Gasteiger partial charge in [-0.3, -0.25) is 0 Å². The Bertz CT molecular complexity index is 579. The summed E-state index contributed by atoms with van der Waals surface area (Å²) in [6.07, 6.45) is 1.02. The summed E-state index contributed by atoms with van der Waals surface area (Å²) in [7, 11) is 5.65. The van der Waals surface area contributed by atoms with Crippen LogP contribution in [0.4, 0.5) is 23.5 Å². The summed E-state index contributed by atoms with van der Waals surface area (Å²) >= 11 is 0. The van der Waals surface area contributed by atoms with Crippen molar-refractivity contribution < 1.29 is 0 Å². The van der Waals surface area contributed by atoms with E-state index in [0.717, 1.165) is 12.1 Å². The number of hydrogen-bond acceptors (Lipinski definition) is 6. The fourth-order valence-corrected chi connectivity index (χ4v) is 1.79. The molecule has 2 N–H and O–H groups in total. The summed E-state index contributed by atoms with van der Waals surface area (Å²) < 4.78 is 0. The normalized spacial score (nSPS) is 10.4. The molecular weight excluding hydrogens is 252 g/mol. The molecule has 0 atom stereocenters. The number of rotatable bonds is 4. The third-order valence-electron chi connectivity index (χ3n) is 3.06. The average molecular weight is 272 g/mol. The average Bonchev–Trinajstić information content (AvgIpc) is 2.46. The molecule has 0 fully saturated rings. The van der Waals surface area contributed by atoms with E-state index in [1.54, 1.807) is 4.90 Å². The van der Waals surface area contributed by atoms with Crippen molar-refractivity contribution in [3.63, 3.8) is 0 Å². The Hall–Kier alpha value is -2.37. The minimum absolute atomic E-state index is 0.218. The second-order valence-electron chi connectivity index (χ2n) is 4.77. The van der Waals surface area contributed by atoms with E-state index in [4.69, 9.17) is 5.73 Å². The van der Waals surface area contributed by atoms with Gasteiger partial charge in [-0.1, -0.05) is 19.1 Å². The fraction of sp³-hybridized carbons (Fsp3) is 0.357. The number of nitrogens with zero attached hydrogens (tertiary/aromatic N) is 5. The zero-order valence-electron chi connectivity index (χ0n) is 12.3. The van der Waals surface area contributed by atoms with Gasteiger partial charge in [-0.15, -0.1) is 0 Å². The number of anilines is 4. The smallest absolute Gasteiger partial charge is 0.236 e. The van der Waals surface area contributed by atoms with E-state index < -0.39 is 0 Å². The zero-order valence-corrected chi connectivity index (χ0v) is 12.3. The predicted molar refractivity (Wildman–Crippen MR) is 82.4 cm³/mol. The molecule has 0 aliphatic heterocycles.